The molecule has 1 rings (SSSR count). The molecule has 0 atom stereocenters. The third kappa shape index (κ3) is 5.47. The molecule has 0 radical (unpaired) electrons. The second-order valence-corrected chi connectivity index (χ2v) is 5.36. The Bertz CT molecular complexity index is 330. The topological polar surface area (TPSA) is 60.2 Å². The second kappa shape index (κ2) is 7.34. The molecule has 0 bridgehead atoms. The number of hydrogen-bond acceptors (Lipinski definition) is 4. The van der Waals surface area contributed by atoms with Crippen LogP contribution in [0.2, 0.25) is 0 Å². The van der Waals surface area contributed by atoms with Crippen molar-refractivity contribution in [3.63, 3.8) is 0 Å². The normalized spacial score (nSPS) is 11.6. The summed E-state index contributed by atoms with van der Waals surface area (Å²) in [6.07, 6.45) is 2.90. The second-order valence-electron chi connectivity index (χ2n) is 5.36. The number of nitrogens with two attached hydrogens (primary N) is 1. The third-order valence-corrected chi connectivity index (χ3v) is 2.66. The first-order valence-electron chi connectivity index (χ1n) is 6.52. The van der Waals surface area contributed by atoms with Gasteiger partial charge in [-0.25, -0.2) is 4.98 Å². The SMILES string of the molecule is CC(C)(C)c1ccc(NCCCOCCN)nc1. The number of ether oxygens (including phenoxy) is 1. The van der Waals surface area contributed by atoms with Crippen LogP contribution in [0.25, 0.3) is 0 Å². The Morgan fingerprint density at radius 2 is 2.06 bits per heavy atom. The van der Waals surface area contributed by atoms with E-state index in [1.54, 1.807) is 0 Å². The van der Waals surface area contributed by atoms with Gasteiger partial charge in [0.05, 0.1) is 6.61 Å². The molecule has 102 valence electrons. The van der Waals surface area contributed by atoms with Gasteiger partial charge in [-0.05, 0) is 23.5 Å². The molecule has 0 saturated carbocycles. The van der Waals surface area contributed by atoms with Crippen molar-refractivity contribution in [1.29, 1.82) is 0 Å². The molecule has 0 fully saturated rings. The number of anilines is 1. The predicted molar refractivity (Wildman–Crippen MR) is 75.9 cm³/mol. The average Bonchev–Trinajstić information content (AvgIpc) is 2.33. The van der Waals surface area contributed by atoms with Gasteiger partial charge in [-0.2, -0.15) is 0 Å². The summed E-state index contributed by atoms with van der Waals surface area (Å²) < 4.78 is 5.30. The zero-order chi connectivity index (χ0) is 13.4. The minimum Gasteiger partial charge on any atom is -0.380 e. The van der Waals surface area contributed by atoms with Gasteiger partial charge in [0.15, 0.2) is 0 Å². The van der Waals surface area contributed by atoms with E-state index < -0.39 is 0 Å². The number of aromatic nitrogens is 1. The summed E-state index contributed by atoms with van der Waals surface area (Å²) in [6.45, 7) is 9.39. The van der Waals surface area contributed by atoms with Crippen molar-refractivity contribution in [2.75, 3.05) is 31.6 Å². The van der Waals surface area contributed by atoms with Crippen molar-refractivity contribution in [2.24, 2.45) is 5.73 Å². The van der Waals surface area contributed by atoms with Crippen molar-refractivity contribution in [3.8, 4) is 0 Å². The highest BCUT2D eigenvalue weighted by atomic mass is 16.5. The maximum atomic E-state index is 5.33. The number of nitrogens with zero attached hydrogens (tertiary/aromatic N) is 1. The van der Waals surface area contributed by atoms with Gasteiger partial charge in [-0.15, -0.1) is 0 Å². The monoisotopic (exact) mass is 251 g/mol. The van der Waals surface area contributed by atoms with E-state index in [1.165, 1.54) is 5.56 Å². The van der Waals surface area contributed by atoms with Crippen molar-refractivity contribution < 1.29 is 4.74 Å². The zero-order valence-corrected chi connectivity index (χ0v) is 11.7. The molecule has 0 unspecified atom stereocenters. The van der Waals surface area contributed by atoms with Gasteiger partial charge >= 0.3 is 0 Å². The van der Waals surface area contributed by atoms with E-state index in [0.29, 0.717) is 13.2 Å². The summed E-state index contributed by atoms with van der Waals surface area (Å²) in [7, 11) is 0. The van der Waals surface area contributed by atoms with E-state index >= 15 is 0 Å². The lowest BCUT2D eigenvalue weighted by molar-refractivity contribution is 0.141. The number of hydrogen-bond donors (Lipinski definition) is 2. The van der Waals surface area contributed by atoms with E-state index in [9.17, 15) is 0 Å². The number of pyridine rings is 1. The lowest BCUT2D eigenvalue weighted by atomic mass is 9.88. The fraction of sp³-hybridized carbons (Fsp3) is 0.643. The van der Waals surface area contributed by atoms with Crippen LogP contribution in [-0.4, -0.2) is 31.3 Å². The van der Waals surface area contributed by atoms with Crippen molar-refractivity contribution in [3.05, 3.63) is 23.9 Å². The first-order chi connectivity index (χ1) is 8.54. The highest BCUT2D eigenvalue weighted by Crippen LogP contribution is 2.21. The Kier molecular flexibility index (Phi) is 6.09. The van der Waals surface area contributed by atoms with Crippen LogP contribution in [0.5, 0.6) is 0 Å². The van der Waals surface area contributed by atoms with Gasteiger partial charge in [0.1, 0.15) is 5.82 Å². The molecule has 0 spiro atoms. The van der Waals surface area contributed by atoms with E-state index in [1.807, 2.05) is 12.3 Å². The van der Waals surface area contributed by atoms with Crippen molar-refractivity contribution in [1.82, 2.24) is 4.98 Å². The fourth-order valence-corrected chi connectivity index (χ4v) is 1.52. The third-order valence-electron chi connectivity index (χ3n) is 2.66. The van der Waals surface area contributed by atoms with Crippen molar-refractivity contribution >= 4 is 5.82 Å². The summed E-state index contributed by atoms with van der Waals surface area (Å²) in [5.74, 6) is 0.918. The van der Waals surface area contributed by atoms with E-state index in [4.69, 9.17) is 10.5 Å². The van der Waals surface area contributed by atoms with Crippen LogP contribution < -0.4 is 11.1 Å². The molecule has 0 aliphatic rings. The number of nitrogens with one attached hydrogen (secondary N) is 1. The molecule has 0 aliphatic carbocycles. The predicted octanol–water partition coefficient (Wildman–Crippen LogP) is 2.16. The minimum atomic E-state index is 0.154. The lowest BCUT2D eigenvalue weighted by Gasteiger charge is -2.18. The van der Waals surface area contributed by atoms with Gasteiger partial charge < -0.3 is 15.8 Å². The zero-order valence-electron chi connectivity index (χ0n) is 11.7. The molecule has 1 aromatic heterocycles. The molecular formula is C14H25N3O. The largest absolute Gasteiger partial charge is 0.380 e. The quantitative estimate of drug-likeness (QED) is 0.729. The molecule has 1 heterocycles. The first-order valence-corrected chi connectivity index (χ1v) is 6.52. The molecule has 1 aromatic rings. The maximum absolute atomic E-state index is 5.33. The molecule has 4 nitrogen and oxygen atoms in total. The van der Waals surface area contributed by atoms with Gasteiger partial charge in [0.2, 0.25) is 0 Å². The first kappa shape index (κ1) is 14.9. The number of rotatable bonds is 7. The van der Waals surface area contributed by atoms with Crippen LogP contribution in [0, 0.1) is 0 Å². The summed E-state index contributed by atoms with van der Waals surface area (Å²) in [6, 6.07) is 4.15. The Morgan fingerprint density at radius 3 is 2.61 bits per heavy atom. The van der Waals surface area contributed by atoms with E-state index in [-0.39, 0.29) is 5.41 Å². The van der Waals surface area contributed by atoms with E-state index in [0.717, 1.165) is 25.4 Å². The Morgan fingerprint density at radius 1 is 1.28 bits per heavy atom. The molecule has 0 saturated heterocycles. The van der Waals surface area contributed by atoms with Crippen LogP contribution in [0.4, 0.5) is 5.82 Å². The van der Waals surface area contributed by atoms with Gasteiger partial charge in [0.25, 0.3) is 0 Å². The van der Waals surface area contributed by atoms with Gasteiger partial charge in [0, 0.05) is 25.9 Å². The fourth-order valence-electron chi connectivity index (χ4n) is 1.52. The molecule has 0 aromatic carbocycles. The Labute approximate surface area is 110 Å². The summed E-state index contributed by atoms with van der Waals surface area (Å²) in [5, 5.41) is 3.28. The minimum absolute atomic E-state index is 0.154. The summed E-state index contributed by atoms with van der Waals surface area (Å²) >= 11 is 0. The maximum Gasteiger partial charge on any atom is 0.125 e. The van der Waals surface area contributed by atoms with Crippen LogP contribution in [0.15, 0.2) is 18.3 Å². The van der Waals surface area contributed by atoms with Crippen molar-refractivity contribution in [2.45, 2.75) is 32.6 Å². The van der Waals surface area contributed by atoms with E-state index in [2.05, 4.69) is 37.1 Å². The Balaban J connectivity index is 2.27. The summed E-state index contributed by atoms with van der Waals surface area (Å²) in [4.78, 5) is 4.41. The molecule has 18 heavy (non-hydrogen) atoms. The Hall–Kier alpha value is -1.13. The molecule has 3 N–H and O–H groups in total. The lowest BCUT2D eigenvalue weighted by Crippen LogP contribution is -2.13. The standard InChI is InChI=1S/C14H25N3O/c1-14(2,3)12-5-6-13(17-11-12)16-8-4-9-18-10-7-15/h5-6,11H,4,7-10,15H2,1-3H3,(H,16,17). The average molecular weight is 251 g/mol. The van der Waals surface area contributed by atoms with Crippen LogP contribution in [0.3, 0.4) is 0 Å². The summed E-state index contributed by atoms with van der Waals surface area (Å²) in [5.41, 5.74) is 6.74. The highest BCUT2D eigenvalue weighted by molar-refractivity contribution is 5.36. The molecule has 0 amide bonds. The molecule has 0 aliphatic heterocycles. The van der Waals surface area contributed by atoms with Gasteiger partial charge in [-0.1, -0.05) is 26.8 Å². The van der Waals surface area contributed by atoms with Crippen LogP contribution in [0.1, 0.15) is 32.8 Å². The smallest absolute Gasteiger partial charge is 0.125 e. The van der Waals surface area contributed by atoms with Crippen LogP contribution >= 0.6 is 0 Å². The highest BCUT2D eigenvalue weighted by Gasteiger charge is 2.13. The molecular weight excluding hydrogens is 226 g/mol. The molecule has 4 heteroatoms. The van der Waals surface area contributed by atoms with Crippen LogP contribution in [-0.2, 0) is 10.2 Å². The van der Waals surface area contributed by atoms with Gasteiger partial charge in [-0.3, -0.25) is 0 Å².